The summed E-state index contributed by atoms with van der Waals surface area (Å²) in [5, 5.41) is 28.1. The minimum atomic E-state index is -1.13. The number of halogens is 1. The van der Waals surface area contributed by atoms with Crippen LogP contribution in [0.25, 0.3) is 33.9 Å². The molecule has 2 heterocycles. The molecule has 9 heteroatoms. The van der Waals surface area contributed by atoms with E-state index in [2.05, 4.69) is 15.4 Å². The van der Waals surface area contributed by atoms with E-state index in [0.717, 1.165) is 27.7 Å². The van der Waals surface area contributed by atoms with Crippen LogP contribution in [0.3, 0.4) is 0 Å². The van der Waals surface area contributed by atoms with Crippen molar-refractivity contribution >= 4 is 40.5 Å². The summed E-state index contributed by atoms with van der Waals surface area (Å²) >= 11 is 6.15. The number of nitrogens with zero attached hydrogens (tertiary/aromatic N) is 2. The van der Waals surface area contributed by atoms with Gasteiger partial charge in [0.2, 0.25) is 5.91 Å². The maximum atomic E-state index is 12.8. The molecule has 0 bridgehead atoms. The Bertz CT molecular complexity index is 1650. The van der Waals surface area contributed by atoms with Gasteiger partial charge < -0.3 is 20.5 Å². The topological polar surface area (TPSA) is 120 Å². The Morgan fingerprint density at radius 3 is 2.63 bits per heavy atom. The molecule has 0 saturated carbocycles. The van der Waals surface area contributed by atoms with Crippen LogP contribution >= 0.6 is 11.6 Å². The van der Waals surface area contributed by atoms with E-state index in [-0.39, 0.29) is 12.2 Å². The van der Waals surface area contributed by atoms with Gasteiger partial charge in [0.05, 0.1) is 11.4 Å². The lowest BCUT2D eigenvalue weighted by atomic mass is 10.0. The minimum Gasteiger partial charge on any atom is -0.508 e. The van der Waals surface area contributed by atoms with E-state index >= 15 is 0 Å². The number of amides is 1. The summed E-state index contributed by atoms with van der Waals surface area (Å²) in [5.74, 6) is -1.56. The third-order valence-corrected chi connectivity index (χ3v) is 6.32. The number of rotatable bonds is 8. The zero-order valence-electron chi connectivity index (χ0n) is 20.0. The quantitative estimate of drug-likeness (QED) is 0.207. The van der Waals surface area contributed by atoms with Crippen molar-refractivity contribution in [3.63, 3.8) is 0 Å². The highest BCUT2D eigenvalue weighted by molar-refractivity contribution is 6.30. The number of phenolic OH excluding ortho intramolecular Hbond substituents is 1. The smallest absolute Gasteiger partial charge is 0.326 e. The normalized spacial score (nSPS) is 12.1. The number of benzene rings is 3. The summed E-state index contributed by atoms with van der Waals surface area (Å²) < 4.78 is 1.64. The standard InChI is InChI=1S/C29H23ClN4O4/c30-21-4-3-5-22(15-21)34-17-19(28(33-34)18-8-11-23(35)12-9-18)10-13-27(36)32-26(29(37)38)14-20-16-31-25-7-2-1-6-24(20)25/h1-13,15-17,26,31,35H,14H2,(H,32,36)(H,37,38)/b13-10+/t26-/m0/s1. The number of carboxylic acid groups (broad SMARTS) is 1. The van der Waals surface area contributed by atoms with E-state index in [4.69, 9.17) is 11.6 Å². The Morgan fingerprint density at radius 1 is 1.08 bits per heavy atom. The highest BCUT2D eigenvalue weighted by Crippen LogP contribution is 2.27. The second kappa shape index (κ2) is 10.7. The molecule has 5 aromatic rings. The van der Waals surface area contributed by atoms with Gasteiger partial charge in [0.1, 0.15) is 11.8 Å². The molecule has 2 aromatic heterocycles. The van der Waals surface area contributed by atoms with Crippen LogP contribution < -0.4 is 5.32 Å². The molecule has 0 spiro atoms. The van der Waals surface area contributed by atoms with Gasteiger partial charge in [-0.3, -0.25) is 4.79 Å². The van der Waals surface area contributed by atoms with Crippen molar-refractivity contribution in [2.75, 3.05) is 0 Å². The SMILES string of the molecule is O=C(/C=C/c1cn(-c2cccc(Cl)c2)nc1-c1ccc(O)cc1)N[C@@H](Cc1c[nH]c2ccccc12)C(=O)O. The van der Waals surface area contributed by atoms with E-state index in [9.17, 15) is 19.8 Å². The number of hydrogen-bond donors (Lipinski definition) is 4. The third kappa shape index (κ3) is 5.45. The fourth-order valence-corrected chi connectivity index (χ4v) is 4.39. The molecule has 0 fully saturated rings. The number of aromatic hydroxyl groups is 1. The van der Waals surface area contributed by atoms with Crippen molar-refractivity contribution in [1.29, 1.82) is 0 Å². The van der Waals surface area contributed by atoms with Gasteiger partial charge in [0, 0.05) is 51.9 Å². The van der Waals surface area contributed by atoms with Gasteiger partial charge in [0.25, 0.3) is 0 Å². The number of hydrogen-bond acceptors (Lipinski definition) is 4. The first kappa shape index (κ1) is 24.9. The number of carboxylic acids is 1. The molecule has 190 valence electrons. The van der Waals surface area contributed by atoms with Gasteiger partial charge >= 0.3 is 5.97 Å². The summed E-state index contributed by atoms with van der Waals surface area (Å²) in [6.07, 6.45) is 6.50. The minimum absolute atomic E-state index is 0.120. The molecule has 3 aromatic carbocycles. The highest BCUT2D eigenvalue weighted by Gasteiger charge is 2.21. The van der Waals surface area contributed by atoms with Gasteiger partial charge in [-0.25, -0.2) is 9.48 Å². The zero-order valence-corrected chi connectivity index (χ0v) is 20.8. The first-order chi connectivity index (χ1) is 18.4. The van der Waals surface area contributed by atoms with Crippen molar-refractivity contribution in [3.8, 4) is 22.7 Å². The lowest BCUT2D eigenvalue weighted by molar-refractivity contribution is -0.141. The number of aromatic nitrogens is 3. The summed E-state index contributed by atoms with van der Waals surface area (Å²) in [5.41, 5.74) is 4.35. The second-order valence-electron chi connectivity index (χ2n) is 8.70. The van der Waals surface area contributed by atoms with Gasteiger partial charge in [-0.2, -0.15) is 5.10 Å². The van der Waals surface area contributed by atoms with Gasteiger partial charge in [-0.1, -0.05) is 35.9 Å². The van der Waals surface area contributed by atoms with Crippen molar-refractivity contribution in [2.24, 2.45) is 0 Å². The monoisotopic (exact) mass is 526 g/mol. The molecule has 5 rings (SSSR count). The second-order valence-corrected chi connectivity index (χ2v) is 9.14. The van der Waals surface area contributed by atoms with E-state index in [0.29, 0.717) is 16.3 Å². The molecule has 0 aliphatic carbocycles. The predicted octanol–water partition coefficient (Wildman–Crippen LogP) is 5.20. The molecule has 0 saturated heterocycles. The van der Waals surface area contributed by atoms with E-state index in [1.165, 1.54) is 6.08 Å². The molecule has 1 amide bonds. The van der Waals surface area contributed by atoms with Crippen molar-refractivity contribution in [2.45, 2.75) is 12.5 Å². The Morgan fingerprint density at radius 2 is 1.87 bits per heavy atom. The molecule has 0 radical (unpaired) electrons. The molecule has 0 aliphatic heterocycles. The molecule has 4 N–H and O–H groups in total. The maximum Gasteiger partial charge on any atom is 0.326 e. The van der Waals surface area contributed by atoms with E-state index in [1.807, 2.05) is 36.4 Å². The molecule has 1 atom stereocenters. The number of H-pyrrole nitrogens is 1. The number of para-hydroxylation sites is 1. The predicted molar refractivity (Wildman–Crippen MR) is 146 cm³/mol. The molecular formula is C29H23ClN4O4. The summed E-state index contributed by atoms with van der Waals surface area (Å²) in [6.45, 7) is 0. The van der Waals surface area contributed by atoms with Gasteiger partial charge in [0.15, 0.2) is 0 Å². The number of fused-ring (bicyclic) bond motifs is 1. The molecule has 38 heavy (non-hydrogen) atoms. The van der Waals surface area contributed by atoms with Crippen LogP contribution in [0.15, 0.2) is 91.3 Å². The Labute approximate surface area is 222 Å². The van der Waals surface area contributed by atoms with Gasteiger partial charge in [-0.05, 0) is 60.2 Å². The summed E-state index contributed by atoms with van der Waals surface area (Å²) in [7, 11) is 0. The fourth-order valence-electron chi connectivity index (χ4n) is 4.21. The summed E-state index contributed by atoms with van der Waals surface area (Å²) in [4.78, 5) is 27.8. The fraction of sp³-hybridized carbons (Fsp3) is 0.0690. The number of phenols is 1. The molecule has 8 nitrogen and oxygen atoms in total. The highest BCUT2D eigenvalue weighted by atomic mass is 35.5. The first-order valence-corrected chi connectivity index (χ1v) is 12.2. The zero-order chi connectivity index (χ0) is 26.6. The van der Waals surface area contributed by atoms with Gasteiger partial charge in [-0.15, -0.1) is 0 Å². The van der Waals surface area contributed by atoms with Crippen LogP contribution in [0.4, 0.5) is 0 Å². The van der Waals surface area contributed by atoms with Crippen LogP contribution in [0.1, 0.15) is 11.1 Å². The number of carbonyl (C=O) groups is 2. The number of carbonyl (C=O) groups excluding carboxylic acids is 1. The number of aliphatic carboxylic acids is 1. The maximum absolute atomic E-state index is 12.8. The van der Waals surface area contributed by atoms with Crippen molar-refractivity contribution < 1.29 is 19.8 Å². The average Bonchev–Trinajstić information content (AvgIpc) is 3.52. The van der Waals surface area contributed by atoms with Crippen LogP contribution in [-0.2, 0) is 16.0 Å². The largest absolute Gasteiger partial charge is 0.508 e. The lowest BCUT2D eigenvalue weighted by Gasteiger charge is -2.12. The molecule has 0 unspecified atom stereocenters. The van der Waals surface area contributed by atoms with Crippen molar-refractivity contribution in [1.82, 2.24) is 20.1 Å². The molecular weight excluding hydrogens is 504 g/mol. The third-order valence-electron chi connectivity index (χ3n) is 6.08. The Balaban J connectivity index is 1.40. The van der Waals surface area contributed by atoms with Crippen LogP contribution in [0.2, 0.25) is 5.02 Å². The van der Waals surface area contributed by atoms with E-state index in [1.54, 1.807) is 59.5 Å². The van der Waals surface area contributed by atoms with Crippen LogP contribution in [-0.4, -0.2) is 42.9 Å². The Kier molecular flexibility index (Phi) is 6.97. The van der Waals surface area contributed by atoms with E-state index < -0.39 is 17.9 Å². The average molecular weight is 527 g/mol. The molecule has 0 aliphatic rings. The van der Waals surface area contributed by atoms with Crippen LogP contribution in [0.5, 0.6) is 5.75 Å². The van der Waals surface area contributed by atoms with Crippen molar-refractivity contribution in [3.05, 3.63) is 107 Å². The first-order valence-electron chi connectivity index (χ1n) is 11.8. The lowest BCUT2D eigenvalue weighted by Crippen LogP contribution is -2.41. The number of nitrogens with one attached hydrogen (secondary N) is 2. The Hall–Kier alpha value is -4.82. The number of aromatic amines is 1. The summed E-state index contributed by atoms with van der Waals surface area (Å²) in [6, 6.07) is 20.2. The van der Waals surface area contributed by atoms with Crippen LogP contribution in [0, 0.1) is 0 Å².